The first-order valence-corrected chi connectivity index (χ1v) is 6.65. The largest absolute Gasteiger partial charge is 0.389 e. The van der Waals surface area contributed by atoms with E-state index in [0.29, 0.717) is 14.8 Å². The summed E-state index contributed by atoms with van der Waals surface area (Å²) in [7, 11) is 0. The average molecular weight is 270 g/mol. The van der Waals surface area contributed by atoms with Crippen molar-refractivity contribution in [3.63, 3.8) is 0 Å². The Bertz CT molecular complexity index is 528. The van der Waals surface area contributed by atoms with Crippen molar-refractivity contribution >= 4 is 23.1 Å². The highest BCUT2D eigenvalue weighted by atomic mass is 32.2. The highest BCUT2D eigenvalue weighted by Crippen LogP contribution is 2.32. The normalized spacial score (nSPS) is 12.7. The fourth-order valence-electron chi connectivity index (χ4n) is 1.27. The SMILES string of the molecule is Cc1nnc(Sc2ccc(C(C)O)cc2F)s1. The molecule has 0 saturated heterocycles. The van der Waals surface area contributed by atoms with Gasteiger partial charge in [0.1, 0.15) is 10.8 Å². The number of hydrogen-bond acceptors (Lipinski definition) is 5. The Labute approximate surface area is 107 Å². The van der Waals surface area contributed by atoms with Crippen molar-refractivity contribution in [1.29, 1.82) is 0 Å². The van der Waals surface area contributed by atoms with E-state index in [1.165, 1.54) is 29.2 Å². The van der Waals surface area contributed by atoms with E-state index in [2.05, 4.69) is 10.2 Å². The lowest BCUT2D eigenvalue weighted by Crippen LogP contribution is -1.92. The Morgan fingerprint density at radius 2 is 2.18 bits per heavy atom. The maximum atomic E-state index is 13.7. The molecule has 2 rings (SSSR count). The number of hydrogen-bond donors (Lipinski definition) is 1. The molecule has 90 valence electrons. The van der Waals surface area contributed by atoms with Crippen LogP contribution in [0.2, 0.25) is 0 Å². The number of aliphatic hydroxyl groups is 1. The molecule has 0 spiro atoms. The fraction of sp³-hybridized carbons (Fsp3) is 0.273. The zero-order chi connectivity index (χ0) is 12.4. The topological polar surface area (TPSA) is 46.0 Å². The number of halogens is 1. The van der Waals surface area contributed by atoms with Crippen molar-refractivity contribution in [2.45, 2.75) is 29.2 Å². The third kappa shape index (κ3) is 3.02. The summed E-state index contributed by atoms with van der Waals surface area (Å²) in [5.74, 6) is -0.346. The van der Waals surface area contributed by atoms with Gasteiger partial charge in [-0.25, -0.2) is 4.39 Å². The number of aromatic nitrogens is 2. The number of aliphatic hydroxyl groups excluding tert-OH is 1. The minimum absolute atomic E-state index is 0.346. The van der Waals surface area contributed by atoms with Crippen LogP contribution in [-0.4, -0.2) is 15.3 Å². The van der Waals surface area contributed by atoms with Crippen molar-refractivity contribution < 1.29 is 9.50 Å². The van der Waals surface area contributed by atoms with Gasteiger partial charge in [0.2, 0.25) is 0 Å². The summed E-state index contributed by atoms with van der Waals surface area (Å²) in [4.78, 5) is 0.491. The Kier molecular flexibility index (Phi) is 3.76. The van der Waals surface area contributed by atoms with Gasteiger partial charge in [-0.3, -0.25) is 0 Å². The summed E-state index contributed by atoms with van der Waals surface area (Å²) in [5.41, 5.74) is 0.570. The van der Waals surface area contributed by atoms with Gasteiger partial charge in [0.15, 0.2) is 4.34 Å². The number of aryl methyl sites for hydroxylation is 1. The van der Waals surface area contributed by atoms with Crippen LogP contribution in [0.4, 0.5) is 4.39 Å². The van der Waals surface area contributed by atoms with Crippen LogP contribution in [0.25, 0.3) is 0 Å². The monoisotopic (exact) mass is 270 g/mol. The molecule has 1 atom stereocenters. The molecule has 17 heavy (non-hydrogen) atoms. The summed E-state index contributed by atoms with van der Waals surface area (Å²) in [6.45, 7) is 3.46. The molecule has 1 unspecified atom stereocenters. The Hall–Kier alpha value is -0.980. The quantitative estimate of drug-likeness (QED) is 0.930. The van der Waals surface area contributed by atoms with Crippen LogP contribution in [0.15, 0.2) is 27.4 Å². The molecular weight excluding hydrogens is 259 g/mol. The highest BCUT2D eigenvalue weighted by molar-refractivity contribution is 8.01. The summed E-state index contributed by atoms with van der Waals surface area (Å²) in [5, 5.41) is 18.0. The van der Waals surface area contributed by atoms with E-state index in [4.69, 9.17) is 0 Å². The van der Waals surface area contributed by atoms with Crippen molar-refractivity contribution in [3.8, 4) is 0 Å². The van der Waals surface area contributed by atoms with E-state index in [-0.39, 0.29) is 5.82 Å². The first kappa shape index (κ1) is 12.5. The van der Waals surface area contributed by atoms with E-state index in [9.17, 15) is 9.50 Å². The summed E-state index contributed by atoms with van der Waals surface area (Å²) in [6.07, 6.45) is -0.660. The van der Waals surface area contributed by atoms with Crippen molar-refractivity contribution in [1.82, 2.24) is 10.2 Å². The predicted molar refractivity (Wildman–Crippen MR) is 65.8 cm³/mol. The van der Waals surface area contributed by atoms with Crippen LogP contribution in [0.1, 0.15) is 23.6 Å². The van der Waals surface area contributed by atoms with Gasteiger partial charge < -0.3 is 5.11 Å². The van der Waals surface area contributed by atoms with E-state index in [0.717, 1.165) is 5.01 Å². The minimum Gasteiger partial charge on any atom is -0.389 e. The van der Waals surface area contributed by atoms with E-state index < -0.39 is 6.10 Å². The molecule has 3 nitrogen and oxygen atoms in total. The van der Waals surface area contributed by atoms with Crippen LogP contribution in [0.3, 0.4) is 0 Å². The fourth-order valence-corrected chi connectivity index (χ4v) is 3.05. The average Bonchev–Trinajstić information content (AvgIpc) is 2.67. The zero-order valence-electron chi connectivity index (χ0n) is 9.35. The van der Waals surface area contributed by atoms with Crippen molar-refractivity contribution in [3.05, 3.63) is 34.6 Å². The summed E-state index contributed by atoms with van der Waals surface area (Å²) < 4.78 is 14.4. The van der Waals surface area contributed by atoms with Gasteiger partial charge in [0.25, 0.3) is 0 Å². The molecule has 1 N–H and O–H groups in total. The standard InChI is InChI=1S/C11H11FN2OS2/c1-6(15)8-3-4-10(9(12)5-8)17-11-14-13-7(2)16-11/h3-6,15H,1-2H3. The van der Waals surface area contributed by atoms with Gasteiger partial charge in [0, 0.05) is 0 Å². The summed E-state index contributed by atoms with van der Waals surface area (Å²) in [6, 6.07) is 4.71. The summed E-state index contributed by atoms with van der Waals surface area (Å²) >= 11 is 2.67. The smallest absolute Gasteiger partial charge is 0.179 e. The van der Waals surface area contributed by atoms with Gasteiger partial charge in [-0.1, -0.05) is 29.2 Å². The second kappa shape index (κ2) is 5.12. The molecule has 0 radical (unpaired) electrons. The lowest BCUT2D eigenvalue weighted by Gasteiger charge is -2.06. The zero-order valence-corrected chi connectivity index (χ0v) is 11.0. The van der Waals surface area contributed by atoms with Gasteiger partial charge in [-0.2, -0.15) is 0 Å². The Morgan fingerprint density at radius 3 is 2.71 bits per heavy atom. The molecule has 0 bridgehead atoms. The second-order valence-corrected chi connectivity index (χ2v) is 6.03. The van der Waals surface area contributed by atoms with Crippen LogP contribution < -0.4 is 0 Å². The van der Waals surface area contributed by atoms with Gasteiger partial charge in [-0.15, -0.1) is 10.2 Å². The molecule has 1 heterocycles. The number of nitrogens with zero attached hydrogens (tertiary/aromatic N) is 2. The Morgan fingerprint density at radius 1 is 1.41 bits per heavy atom. The molecule has 1 aromatic carbocycles. The minimum atomic E-state index is -0.660. The molecule has 0 aliphatic carbocycles. The maximum Gasteiger partial charge on any atom is 0.179 e. The molecule has 0 aliphatic heterocycles. The molecule has 0 aliphatic rings. The van der Waals surface area contributed by atoms with Gasteiger partial charge >= 0.3 is 0 Å². The predicted octanol–water partition coefficient (Wildman–Crippen LogP) is 3.19. The molecule has 6 heteroatoms. The third-order valence-corrected chi connectivity index (χ3v) is 4.08. The first-order chi connectivity index (χ1) is 8.06. The van der Waals surface area contributed by atoms with Crippen LogP contribution in [0.5, 0.6) is 0 Å². The lowest BCUT2D eigenvalue weighted by atomic mass is 10.1. The maximum absolute atomic E-state index is 13.7. The molecule has 1 aromatic heterocycles. The molecule has 0 amide bonds. The van der Waals surface area contributed by atoms with E-state index >= 15 is 0 Å². The van der Waals surface area contributed by atoms with E-state index in [1.54, 1.807) is 19.1 Å². The first-order valence-electron chi connectivity index (χ1n) is 5.01. The molecule has 0 saturated carbocycles. The molecule has 0 fully saturated rings. The molecular formula is C11H11FN2OS2. The van der Waals surface area contributed by atoms with Gasteiger partial charge in [-0.05, 0) is 31.5 Å². The van der Waals surface area contributed by atoms with Gasteiger partial charge in [0.05, 0.1) is 11.0 Å². The highest BCUT2D eigenvalue weighted by Gasteiger charge is 2.10. The molecule has 2 aromatic rings. The van der Waals surface area contributed by atoms with Crippen LogP contribution >= 0.6 is 23.1 Å². The van der Waals surface area contributed by atoms with E-state index in [1.807, 2.05) is 6.92 Å². The van der Waals surface area contributed by atoms with Crippen LogP contribution in [-0.2, 0) is 0 Å². The van der Waals surface area contributed by atoms with Crippen molar-refractivity contribution in [2.75, 3.05) is 0 Å². The number of benzene rings is 1. The number of rotatable bonds is 3. The third-order valence-electron chi connectivity index (χ3n) is 2.14. The van der Waals surface area contributed by atoms with Crippen molar-refractivity contribution in [2.24, 2.45) is 0 Å². The lowest BCUT2D eigenvalue weighted by molar-refractivity contribution is 0.198. The Balaban J connectivity index is 2.22. The second-order valence-electron chi connectivity index (χ2n) is 3.55. The van der Waals surface area contributed by atoms with Crippen LogP contribution in [0, 0.1) is 12.7 Å².